The Balaban J connectivity index is 2.42. The first-order valence-electron chi connectivity index (χ1n) is 5.92. The number of aryl methyl sites for hydroxylation is 1. The molecule has 1 heterocycles. The number of benzene rings is 1. The standard InChI is InChI=1S/C14H16ClN3O/c1-10-16-9-11(8-15)14(17-10)18(2)12-5-4-6-13(7-12)19-3/h4-7,9H,8H2,1-3H3. The van der Waals surface area contributed by atoms with E-state index in [1.165, 1.54) is 0 Å². The Labute approximate surface area is 118 Å². The van der Waals surface area contributed by atoms with Crippen LogP contribution in [0.2, 0.25) is 0 Å². The molecule has 0 atom stereocenters. The van der Waals surface area contributed by atoms with Gasteiger partial charge in [0.25, 0.3) is 0 Å². The molecule has 100 valence electrons. The van der Waals surface area contributed by atoms with E-state index in [2.05, 4.69) is 9.97 Å². The van der Waals surface area contributed by atoms with Crippen molar-refractivity contribution in [2.45, 2.75) is 12.8 Å². The Bertz CT molecular complexity index is 574. The topological polar surface area (TPSA) is 38.2 Å². The van der Waals surface area contributed by atoms with Crippen molar-refractivity contribution < 1.29 is 4.74 Å². The number of halogens is 1. The molecular formula is C14H16ClN3O. The second-order valence-corrected chi connectivity index (χ2v) is 4.43. The molecule has 1 aromatic heterocycles. The number of hydrogen-bond donors (Lipinski definition) is 0. The van der Waals surface area contributed by atoms with Crippen LogP contribution < -0.4 is 9.64 Å². The summed E-state index contributed by atoms with van der Waals surface area (Å²) in [6.07, 6.45) is 1.77. The molecule has 0 aliphatic rings. The van der Waals surface area contributed by atoms with Gasteiger partial charge in [0.1, 0.15) is 17.4 Å². The number of alkyl halides is 1. The molecule has 0 fully saturated rings. The second kappa shape index (κ2) is 5.89. The van der Waals surface area contributed by atoms with E-state index in [0.717, 1.165) is 28.6 Å². The summed E-state index contributed by atoms with van der Waals surface area (Å²) in [4.78, 5) is 10.6. The lowest BCUT2D eigenvalue weighted by molar-refractivity contribution is 0.415. The van der Waals surface area contributed by atoms with Gasteiger partial charge < -0.3 is 9.64 Å². The lowest BCUT2D eigenvalue weighted by Gasteiger charge is -2.21. The lowest BCUT2D eigenvalue weighted by atomic mass is 10.2. The molecule has 5 heteroatoms. The van der Waals surface area contributed by atoms with E-state index in [0.29, 0.717) is 5.88 Å². The molecule has 0 saturated carbocycles. The minimum atomic E-state index is 0.379. The molecule has 0 saturated heterocycles. The van der Waals surface area contributed by atoms with Gasteiger partial charge in [-0.2, -0.15) is 0 Å². The molecule has 0 N–H and O–H groups in total. The van der Waals surface area contributed by atoms with Gasteiger partial charge in [-0.1, -0.05) is 6.07 Å². The van der Waals surface area contributed by atoms with Crippen LogP contribution in [-0.4, -0.2) is 24.1 Å². The molecule has 19 heavy (non-hydrogen) atoms. The maximum absolute atomic E-state index is 5.94. The number of methoxy groups -OCH3 is 1. The smallest absolute Gasteiger partial charge is 0.140 e. The highest BCUT2D eigenvalue weighted by Gasteiger charge is 2.12. The zero-order valence-electron chi connectivity index (χ0n) is 11.2. The summed E-state index contributed by atoms with van der Waals surface area (Å²) in [6.45, 7) is 1.86. The fourth-order valence-electron chi connectivity index (χ4n) is 1.81. The maximum atomic E-state index is 5.94. The van der Waals surface area contributed by atoms with E-state index in [9.17, 15) is 0 Å². The Kier molecular flexibility index (Phi) is 4.22. The molecule has 2 aromatic rings. The van der Waals surface area contributed by atoms with Crippen LogP contribution in [0, 0.1) is 6.92 Å². The van der Waals surface area contributed by atoms with Crippen LogP contribution in [0.4, 0.5) is 11.5 Å². The summed E-state index contributed by atoms with van der Waals surface area (Å²) in [6, 6.07) is 7.80. The van der Waals surface area contributed by atoms with E-state index in [1.54, 1.807) is 13.3 Å². The average Bonchev–Trinajstić information content (AvgIpc) is 2.46. The van der Waals surface area contributed by atoms with E-state index in [-0.39, 0.29) is 0 Å². The van der Waals surface area contributed by atoms with Gasteiger partial charge in [0, 0.05) is 30.6 Å². The predicted molar refractivity (Wildman–Crippen MR) is 77.4 cm³/mol. The molecule has 2 rings (SSSR count). The van der Waals surface area contributed by atoms with Gasteiger partial charge in [-0.05, 0) is 19.1 Å². The van der Waals surface area contributed by atoms with E-state index in [1.807, 2.05) is 43.1 Å². The van der Waals surface area contributed by atoms with Crippen molar-refractivity contribution in [3.63, 3.8) is 0 Å². The van der Waals surface area contributed by atoms with Crippen LogP contribution in [0.1, 0.15) is 11.4 Å². The van der Waals surface area contributed by atoms with E-state index in [4.69, 9.17) is 16.3 Å². The van der Waals surface area contributed by atoms with Crippen LogP contribution >= 0.6 is 11.6 Å². The molecule has 4 nitrogen and oxygen atoms in total. The van der Waals surface area contributed by atoms with Crippen molar-refractivity contribution in [3.8, 4) is 5.75 Å². The van der Waals surface area contributed by atoms with Gasteiger partial charge in [0.05, 0.1) is 13.0 Å². The molecule has 0 aliphatic heterocycles. The predicted octanol–water partition coefficient (Wildman–Crippen LogP) is 3.30. The van der Waals surface area contributed by atoms with Gasteiger partial charge in [-0.25, -0.2) is 9.97 Å². The van der Waals surface area contributed by atoms with Crippen molar-refractivity contribution in [2.75, 3.05) is 19.1 Å². The summed E-state index contributed by atoms with van der Waals surface area (Å²) < 4.78 is 5.24. The largest absolute Gasteiger partial charge is 0.497 e. The first kappa shape index (κ1) is 13.6. The van der Waals surface area contributed by atoms with Gasteiger partial charge in [-0.3, -0.25) is 0 Å². The summed E-state index contributed by atoms with van der Waals surface area (Å²) in [7, 11) is 3.60. The van der Waals surface area contributed by atoms with Crippen LogP contribution in [-0.2, 0) is 5.88 Å². The zero-order chi connectivity index (χ0) is 13.8. The fourth-order valence-corrected chi connectivity index (χ4v) is 2.00. The molecule has 0 aliphatic carbocycles. The number of rotatable bonds is 4. The van der Waals surface area contributed by atoms with Crippen LogP contribution in [0.25, 0.3) is 0 Å². The van der Waals surface area contributed by atoms with E-state index >= 15 is 0 Å². The summed E-state index contributed by atoms with van der Waals surface area (Å²) in [5.74, 6) is 2.72. The van der Waals surface area contributed by atoms with Gasteiger partial charge in [0.15, 0.2) is 0 Å². The Morgan fingerprint density at radius 1 is 1.37 bits per heavy atom. The van der Waals surface area contributed by atoms with Gasteiger partial charge in [0.2, 0.25) is 0 Å². The maximum Gasteiger partial charge on any atom is 0.140 e. The highest BCUT2D eigenvalue weighted by molar-refractivity contribution is 6.17. The average molecular weight is 278 g/mol. The Morgan fingerprint density at radius 2 is 2.16 bits per heavy atom. The number of aromatic nitrogens is 2. The Hall–Kier alpha value is -1.81. The molecule has 0 bridgehead atoms. The number of hydrogen-bond acceptors (Lipinski definition) is 4. The first-order chi connectivity index (χ1) is 9.15. The highest BCUT2D eigenvalue weighted by Crippen LogP contribution is 2.28. The third-order valence-electron chi connectivity index (χ3n) is 2.86. The molecule has 0 radical (unpaired) electrons. The highest BCUT2D eigenvalue weighted by atomic mass is 35.5. The monoisotopic (exact) mass is 277 g/mol. The normalized spacial score (nSPS) is 10.3. The molecule has 0 amide bonds. The van der Waals surface area contributed by atoms with Crippen molar-refractivity contribution in [3.05, 3.63) is 41.9 Å². The number of anilines is 2. The molecule has 0 spiro atoms. The number of ether oxygens (including phenoxy) is 1. The minimum absolute atomic E-state index is 0.379. The minimum Gasteiger partial charge on any atom is -0.497 e. The SMILES string of the molecule is COc1cccc(N(C)c2nc(C)ncc2CCl)c1. The second-order valence-electron chi connectivity index (χ2n) is 4.16. The van der Waals surface area contributed by atoms with Crippen LogP contribution in [0.15, 0.2) is 30.5 Å². The summed E-state index contributed by atoms with van der Waals surface area (Å²) >= 11 is 5.94. The van der Waals surface area contributed by atoms with Crippen molar-refractivity contribution >= 4 is 23.1 Å². The molecule has 0 unspecified atom stereocenters. The van der Waals surface area contributed by atoms with Gasteiger partial charge in [-0.15, -0.1) is 11.6 Å². The number of nitrogens with zero attached hydrogens (tertiary/aromatic N) is 3. The quantitative estimate of drug-likeness (QED) is 0.804. The van der Waals surface area contributed by atoms with Crippen molar-refractivity contribution in [1.29, 1.82) is 0 Å². The van der Waals surface area contributed by atoms with E-state index < -0.39 is 0 Å². The first-order valence-corrected chi connectivity index (χ1v) is 6.45. The summed E-state index contributed by atoms with van der Waals surface area (Å²) in [5.41, 5.74) is 1.89. The summed E-state index contributed by atoms with van der Waals surface area (Å²) in [5, 5.41) is 0. The lowest BCUT2D eigenvalue weighted by Crippen LogP contribution is -2.14. The Morgan fingerprint density at radius 3 is 2.84 bits per heavy atom. The molecule has 1 aromatic carbocycles. The van der Waals surface area contributed by atoms with Crippen molar-refractivity contribution in [2.24, 2.45) is 0 Å². The molecular weight excluding hydrogens is 262 g/mol. The van der Waals surface area contributed by atoms with Crippen molar-refractivity contribution in [1.82, 2.24) is 9.97 Å². The third-order valence-corrected chi connectivity index (χ3v) is 3.15. The fraction of sp³-hybridized carbons (Fsp3) is 0.286. The van der Waals surface area contributed by atoms with Crippen LogP contribution in [0.5, 0.6) is 5.75 Å². The van der Waals surface area contributed by atoms with Crippen LogP contribution in [0.3, 0.4) is 0 Å². The third kappa shape index (κ3) is 2.96. The zero-order valence-corrected chi connectivity index (χ0v) is 12.0. The van der Waals surface area contributed by atoms with Gasteiger partial charge >= 0.3 is 0 Å².